The summed E-state index contributed by atoms with van der Waals surface area (Å²) in [7, 11) is 0. The predicted octanol–water partition coefficient (Wildman–Crippen LogP) is 4.98. The van der Waals surface area contributed by atoms with Gasteiger partial charge in [-0.25, -0.2) is 0 Å². The second-order valence-electron chi connectivity index (χ2n) is 3.86. The molecule has 0 N–H and O–H groups in total. The van der Waals surface area contributed by atoms with E-state index in [1.54, 1.807) is 0 Å². The van der Waals surface area contributed by atoms with Crippen LogP contribution in [-0.4, -0.2) is 5.97 Å². The highest BCUT2D eigenvalue weighted by molar-refractivity contribution is 9.11. The van der Waals surface area contributed by atoms with Crippen LogP contribution in [0.1, 0.15) is 23.6 Å². The number of alkyl halides is 6. The molecule has 21 heavy (non-hydrogen) atoms. The van der Waals surface area contributed by atoms with E-state index in [9.17, 15) is 31.1 Å². The van der Waals surface area contributed by atoms with Crippen LogP contribution in [0.5, 0.6) is 0 Å². The van der Waals surface area contributed by atoms with Crippen LogP contribution in [-0.2, 0) is 21.9 Å². The molecule has 0 unspecified atom stereocenters. The van der Waals surface area contributed by atoms with E-state index in [0.29, 0.717) is 12.1 Å². The Hall–Kier alpha value is -1.51. The minimum atomic E-state index is -4.97. The molecule has 0 spiro atoms. The largest absolute Gasteiger partial charge is 0.426 e. The van der Waals surface area contributed by atoms with Crippen molar-refractivity contribution in [3.05, 3.63) is 39.9 Å². The van der Waals surface area contributed by atoms with Gasteiger partial charge < -0.3 is 4.74 Å². The fourth-order valence-electron chi connectivity index (χ4n) is 1.40. The van der Waals surface area contributed by atoms with Gasteiger partial charge in [-0.1, -0.05) is 15.9 Å². The molecule has 1 aromatic carbocycles. The standard InChI is InChI=1S/C12H7BrF6O2/c1-6(20)21-10(5-13)7-2-8(11(14,15)16)4-9(3-7)12(17,18)19/h2-5H,1H3/b10-5-. The van der Waals surface area contributed by atoms with E-state index in [-0.39, 0.29) is 6.07 Å². The SMILES string of the molecule is CC(=O)O/C(=C\Br)c1cc(C(F)(F)F)cc(C(F)(F)F)c1. The highest BCUT2D eigenvalue weighted by atomic mass is 79.9. The molecule has 0 heterocycles. The van der Waals surface area contributed by atoms with E-state index >= 15 is 0 Å². The molecule has 0 radical (unpaired) electrons. The number of carbonyl (C=O) groups excluding carboxylic acids is 1. The highest BCUT2D eigenvalue weighted by Gasteiger charge is 2.37. The third kappa shape index (κ3) is 4.76. The van der Waals surface area contributed by atoms with Crippen LogP contribution in [0, 0.1) is 0 Å². The van der Waals surface area contributed by atoms with Crippen LogP contribution < -0.4 is 0 Å². The topological polar surface area (TPSA) is 26.3 Å². The lowest BCUT2D eigenvalue weighted by Gasteiger charge is -2.15. The molecule has 0 saturated carbocycles. The van der Waals surface area contributed by atoms with Gasteiger partial charge >= 0.3 is 18.3 Å². The molecule has 0 aliphatic rings. The van der Waals surface area contributed by atoms with Crippen LogP contribution >= 0.6 is 15.9 Å². The Morgan fingerprint density at radius 1 is 1.05 bits per heavy atom. The van der Waals surface area contributed by atoms with Gasteiger partial charge in [-0.15, -0.1) is 0 Å². The Bertz CT molecular complexity index is 542. The molecule has 0 amide bonds. The van der Waals surface area contributed by atoms with Gasteiger partial charge in [-0.3, -0.25) is 4.79 Å². The summed E-state index contributed by atoms with van der Waals surface area (Å²) >= 11 is 2.73. The zero-order valence-electron chi connectivity index (χ0n) is 10.3. The lowest BCUT2D eigenvalue weighted by Crippen LogP contribution is -2.12. The van der Waals surface area contributed by atoms with Crippen molar-refractivity contribution in [2.75, 3.05) is 0 Å². The maximum atomic E-state index is 12.7. The van der Waals surface area contributed by atoms with Crippen molar-refractivity contribution >= 4 is 27.7 Å². The van der Waals surface area contributed by atoms with Gasteiger partial charge in [0, 0.05) is 17.5 Å². The Kier molecular flexibility index (Phi) is 5.08. The third-order valence-electron chi connectivity index (χ3n) is 2.22. The van der Waals surface area contributed by atoms with Crippen molar-refractivity contribution in [2.45, 2.75) is 19.3 Å². The summed E-state index contributed by atoms with van der Waals surface area (Å²) in [5.41, 5.74) is -3.51. The number of hydrogen-bond donors (Lipinski definition) is 0. The minimum absolute atomic E-state index is 0.0108. The van der Waals surface area contributed by atoms with Crippen LogP contribution in [0.2, 0.25) is 0 Å². The lowest BCUT2D eigenvalue weighted by atomic mass is 10.0. The van der Waals surface area contributed by atoms with Gasteiger partial charge in [-0.2, -0.15) is 26.3 Å². The average molecular weight is 377 g/mol. The molecular formula is C12H7BrF6O2. The Labute approximate surface area is 123 Å². The van der Waals surface area contributed by atoms with Gasteiger partial charge in [-0.05, 0) is 18.2 Å². The van der Waals surface area contributed by atoms with Crippen molar-refractivity contribution in [2.24, 2.45) is 0 Å². The van der Waals surface area contributed by atoms with Gasteiger partial charge in [0.25, 0.3) is 0 Å². The van der Waals surface area contributed by atoms with E-state index in [1.807, 2.05) is 0 Å². The van der Waals surface area contributed by atoms with Crippen molar-refractivity contribution in [1.82, 2.24) is 0 Å². The lowest BCUT2D eigenvalue weighted by molar-refractivity contribution is -0.143. The van der Waals surface area contributed by atoms with Crippen LogP contribution in [0.3, 0.4) is 0 Å². The number of halogens is 7. The molecule has 0 aliphatic heterocycles. The minimum Gasteiger partial charge on any atom is -0.426 e. The predicted molar refractivity (Wildman–Crippen MR) is 65.1 cm³/mol. The van der Waals surface area contributed by atoms with E-state index in [1.165, 1.54) is 0 Å². The number of benzene rings is 1. The molecule has 0 aromatic heterocycles. The molecular weight excluding hydrogens is 370 g/mol. The molecule has 116 valence electrons. The maximum Gasteiger partial charge on any atom is 0.416 e. The Morgan fingerprint density at radius 3 is 1.76 bits per heavy atom. The first-order valence-electron chi connectivity index (χ1n) is 5.24. The molecule has 1 rings (SSSR count). The molecule has 0 atom stereocenters. The molecule has 0 bridgehead atoms. The number of esters is 1. The van der Waals surface area contributed by atoms with E-state index < -0.39 is 40.8 Å². The second kappa shape index (κ2) is 6.08. The summed E-state index contributed by atoms with van der Waals surface area (Å²) in [5, 5.41) is 0. The summed E-state index contributed by atoms with van der Waals surface area (Å²) in [6, 6.07) is 0.916. The van der Waals surface area contributed by atoms with Crippen molar-refractivity contribution < 1.29 is 35.9 Å². The quantitative estimate of drug-likeness (QED) is 0.413. The van der Waals surface area contributed by atoms with Crippen molar-refractivity contribution in [3.63, 3.8) is 0 Å². The Morgan fingerprint density at radius 2 is 1.48 bits per heavy atom. The zero-order valence-corrected chi connectivity index (χ0v) is 11.9. The fourth-order valence-corrected chi connectivity index (χ4v) is 1.75. The monoisotopic (exact) mass is 376 g/mol. The number of rotatable bonds is 2. The summed E-state index contributed by atoms with van der Waals surface area (Å²) < 4.78 is 80.5. The molecule has 9 heteroatoms. The molecule has 0 aliphatic carbocycles. The first-order valence-corrected chi connectivity index (χ1v) is 6.15. The normalized spacial score (nSPS) is 13.2. The zero-order chi connectivity index (χ0) is 16.4. The van der Waals surface area contributed by atoms with Crippen LogP contribution in [0.4, 0.5) is 26.3 Å². The second-order valence-corrected chi connectivity index (χ2v) is 4.32. The molecule has 0 fully saturated rings. The van der Waals surface area contributed by atoms with E-state index in [0.717, 1.165) is 11.9 Å². The van der Waals surface area contributed by atoms with Crippen molar-refractivity contribution in [1.29, 1.82) is 0 Å². The number of hydrogen-bond acceptors (Lipinski definition) is 2. The number of ether oxygens (including phenoxy) is 1. The van der Waals surface area contributed by atoms with Gasteiger partial charge in [0.05, 0.1) is 11.1 Å². The number of carbonyl (C=O) groups is 1. The van der Waals surface area contributed by atoms with Crippen LogP contribution in [0.15, 0.2) is 23.2 Å². The first kappa shape index (κ1) is 17.5. The molecule has 2 nitrogen and oxygen atoms in total. The highest BCUT2D eigenvalue weighted by Crippen LogP contribution is 2.37. The van der Waals surface area contributed by atoms with Crippen LogP contribution in [0.25, 0.3) is 5.76 Å². The van der Waals surface area contributed by atoms with Gasteiger partial charge in [0.15, 0.2) is 0 Å². The Balaban J connectivity index is 3.48. The van der Waals surface area contributed by atoms with Crippen molar-refractivity contribution in [3.8, 4) is 0 Å². The molecule has 0 saturated heterocycles. The fraction of sp³-hybridized carbons (Fsp3) is 0.250. The smallest absolute Gasteiger partial charge is 0.416 e. The van der Waals surface area contributed by atoms with Gasteiger partial charge in [0.2, 0.25) is 0 Å². The van der Waals surface area contributed by atoms with E-state index in [4.69, 9.17) is 0 Å². The first-order chi connectivity index (χ1) is 9.45. The summed E-state index contributed by atoms with van der Waals surface area (Å²) in [5.74, 6) is -1.34. The maximum absolute atomic E-state index is 12.7. The summed E-state index contributed by atoms with van der Waals surface area (Å²) in [6.45, 7) is 0.967. The summed E-state index contributed by atoms with van der Waals surface area (Å²) in [4.78, 5) is 11.7. The molecule has 1 aromatic rings. The van der Waals surface area contributed by atoms with E-state index in [2.05, 4.69) is 20.7 Å². The average Bonchev–Trinajstić information content (AvgIpc) is 2.33. The van der Waals surface area contributed by atoms with Gasteiger partial charge in [0.1, 0.15) is 5.76 Å². The summed E-state index contributed by atoms with van der Waals surface area (Å²) in [6.07, 6.45) is -9.94. The third-order valence-corrected chi connectivity index (χ3v) is 2.64.